The number of amides is 3. The molecule has 1 aliphatic rings. The minimum Gasteiger partial charge on any atom is -0.350 e. The maximum Gasteiger partial charge on any atom is 0.342 e. The maximum atomic E-state index is 10.9. The molecule has 60 valence electrons. The van der Waals surface area contributed by atoms with Crippen LogP contribution in [0.1, 0.15) is 6.42 Å². The first kappa shape index (κ1) is 8.06. The van der Waals surface area contributed by atoms with Crippen LogP contribution < -0.4 is 5.73 Å². The number of thioether (sulfide) groups is 1. The van der Waals surface area contributed by atoms with Gasteiger partial charge in [0.15, 0.2) is 0 Å². The number of hydrogen-bond donors (Lipinski definition) is 1. The molecule has 0 fully saturated rings. The SMILES string of the molecule is CSC1=NN(C(N)=O)C(=O)C1. The van der Waals surface area contributed by atoms with Crippen LogP contribution in [0, 0.1) is 0 Å². The molecule has 0 aromatic rings. The summed E-state index contributed by atoms with van der Waals surface area (Å²) in [5, 5.41) is 4.98. The molecule has 3 amide bonds. The van der Waals surface area contributed by atoms with Crippen LogP contribution in [0.5, 0.6) is 0 Å². The summed E-state index contributed by atoms with van der Waals surface area (Å²) >= 11 is 1.34. The van der Waals surface area contributed by atoms with Gasteiger partial charge >= 0.3 is 6.03 Å². The van der Waals surface area contributed by atoms with Crippen molar-refractivity contribution in [2.45, 2.75) is 6.42 Å². The molecule has 2 N–H and O–H groups in total. The number of hydrazone groups is 1. The van der Waals surface area contributed by atoms with E-state index in [1.165, 1.54) is 11.8 Å². The van der Waals surface area contributed by atoms with Gasteiger partial charge in [-0.1, -0.05) is 0 Å². The number of carbonyl (C=O) groups excluding carboxylic acids is 2. The second-order valence-electron chi connectivity index (χ2n) is 1.92. The van der Waals surface area contributed by atoms with Gasteiger partial charge in [-0.3, -0.25) is 4.79 Å². The second-order valence-corrected chi connectivity index (χ2v) is 2.80. The Hall–Kier alpha value is -1.04. The Morgan fingerprint density at radius 1 is 1.82 bits per heavy atom. The molecule has 1 aliphatic heterocycles. The molecule has 11 heavy (non-hydrogen) atoms. The van der Waals surface area contributed by atoms with Crippen LogP contribution in [0.4, 0.5) is 4.79 Å². The van der Waals surface area contributed by atoms with Crippen molar-refractivity contribution in [3.8, 4) is 0 Å². The highest BCUT2D eigenvalue weighted by Gasteiger charge is 2.26. The minimum atomic E-state index is -0.820. The molecule has 5 nitrogen and oxygen atoms in total. The van der Waals surface area contributed by atoms with Gasteiger partial charge in [0.25, 0.3) is 5.91 Å². The van der Waals surface area contributed by atoms with E-state index in [0.29, 0.717) is 10.1 Å². The smallest absolute Gasteiger partial charge is 0.342 e. The first-order valence-electron chi connectivity index (χ1n) is 2.89. The summed E-state index contributed by atoms with van der Waals surface area (Å²) < 4.78 is 0. The summed E-state index contributed by atoms with van der Waals surface area (Å²) in [6, 6.07) is -0.820. The lowest BCUT2D eigenvalue weighted by molar-refractivity contribution is -0.125. The summed E-state index contributed by atoms with van der Waals surface area (Å²) in [7, 11) is 0. The third-order valence-corrected chi connectivity index (χ3v) is 1.89. The predicted octanol–water partition coefficient (Wildman–Crippen LogP) is -0.0261. The van der Waals surface area contributed by atoms with Crippen molar-refractivity contribution in [1.29, 1.82) is 0 Å². The third kappa shape index (κ3) is 1.51. The molecule has 6 heteroatoms. The quantitative estimate of drug-likeness (QED) is 0.559. The van der Waals surface area contributed by atoms with Gasteiger partial charge < -0.3 is 5.73 Å². The molecular weight excluding hydrogens is 166 g/mol. The zero-order chi connectivity index (χ0) is 8.43. The Bertz CT molecular complexity index is 238. The molecule has 0 radical (unpaired) electrons. The summed E-state index contributed by atoms with van der Waals surface area (Å²) in [4.78, 5) is 21.4. The van der Waals surface area contributed by atoms with Crippen molar-refractivity contribution >= 4 is 28.7 Å². The first-order chi connectivity index (χ1) is 5.15. The highest BCUT2D eigenvalue weighted by atomic mass is 32.2. The van der Waals surface area contributed by atoms with E-state index in [4.69, 9.17) is 5.73 Å². The molecule has 0 atom stereocenters. The molecule has 0 aliphatic carbocycles. The van der Waals surface area contributed by atoms with Crippen molar-refractivity contribution < 1.29 is 9.59 Å². The van der Waals surface area contributed by atoms with Crippen molar-refractivity contribution in [2.75, 3.05) is 6.26 Å². The normalized spacial score (nSPS) is 17.0. The number of imide groups is 1. The number of nitrogens with zero attached hydrogens (tertiary/aromatic N) is 2. The summed E-state index contributed by atoms with van der Waals surface area (Å²) in [6.07, 6.45) is 1.97. The van der Waals surface area contributed by atoms with Gasteiger partial charge in [-0.15, -0.1) is 16.8 Å². The second kappa shape index (κ2) is 2.91. The van der Waals surface area contributed by atoms with E-state index in [1.54, 1.807) is 6.26 Å². The van der Waals surface area contributed by atoms with Gasteiger partial charge in [-0.25, -0.2) is 4.79 Å². The van der Waals surface area contributed by atoms with Gasteiger partial charge in [0, 0.05) is 0 Å². The summed E-state index contributed by atoms with van der Waals surface area (Å²) in [6.45, 7) is 0. The van der Waals surface area contributed by atoms with Crippen molar-refractivity contribution in [3.05, 3.63) is 0 Å². The van der Waals surface area contributed by atoms with Gasteiger partial charge in [0.1, 0.15) is 5.04 Å². The van der Waals surface area contributed by atoms with Crippen molar-refractivity contribution in [2.24, 2.45) is 10.8 Å². The first-order valence-corrected chi connectivity index (χ1v) is 4.11. The fourth-order valence-electron chi connectivity index (χ4n) is 0.692. The van der Waals surface area contributed by atoms with E-state index < -0.39 is 6.03 Å². The van der Waals surface area contributed by atoms with Gasteiger partial charge in [-0.05, 0) is 6.26 Å². The lowest BCUT2D eigenvalue weighted by Gasteiger charge is -2.02. The third-order valence-electron chi connectivity index (χ3n) is 1.19. The zero-order valence-corrected chi connectivity index (χ0v) is 6.72. The fraction of sp³-hybridized carbons (Fsp3) is 0.400. The Kier molecular flexibility index (Phi) is 2.13. The Morgan fingerprint density at radius 2 is 2.45 bits per heavy atom. The van der Waals surface area contributed by atoms with Gasteiger partial charge in [0.05, 0.1) is 6.42 Å². The molecular formula is C5H7N3O2S. The molecule has 1 rings (SSSR count). The van der Waals surface area contributed by atoms with E-state index in [0.717, 1.165) is 0 Å². The Balaban J connectivity index is 2.76. The van der Waals surface area contributed by atoms with Crippen LogP contribution in [-0.4, -0.2) is 28.2 Å². The summed E-state index contributed by atoms with van der Waals surface area (Å²) in [5.41, 5.74) is 4.85. The lowest BCUT2D eigenvalue weighted by atomic mass is 10.4. The molecule has 0 saturated carbocycles. The van der Waals surface area contributed by atoms with E-state index in [9.17, 15) is 9.59 Å². The molecule has 0 spiro atoms. The van der Waals surface area contributed by atoms with Crippen LogP contribution in [-0.2, 0) is 4.79 Å². The molecule has 0 aromatic carbocycles. The number of nitrogens with two attached hydrogens (primary N) is 1. The topological polar surface area (TPSA) is 75.8 Å². The average Bonchev–Trinajstić information content (AvgIpc) is 2.30. The van der Waals surface area contributed by atoms with Crippen LogP contribution in [0.3, 0.4) is 0 Å². The highest BCUT2D eigenvalue weighted by molar-refractivity contribution is 8.13. The summed E-state index contributed by atoms with van der Waals surface area (Å²) in [5.74, 6) is -0.359. The average molecular weight is 173 g/mol. The fourth-order valence-corrected chi connectivity index (χ4v) is 1.12. The largest absolute Gasteiger partial charge is 0.350 e. The predicted molar refractivity (Wildman–Crippen MR) is 42.0 cm³/mol. The van der Waals surface area contributed by atoms with Crippen LogP contribution >= 0.6 is 11.8 Å². The highest BCUT2D eigenvalue weighted by Crippen LogP contribution is 2.14. The Labute approximate surface area is 67.6 Å². The number of rotatable bonds is 0. The van der Waals surface area contributed by atoms with E-state index >= 15 is 0 Å². The van der Waals surface area contributed by atoms with Gasteiger partial charge in [-0.2, -0.15) is 5.10 Å². The Morgan fingerprint density at radius 3 is 2.73 bits per heavy atom. The molecule has 0 bridgehead atoms. The number of carbonyl (C=O) groups is 2. The van der Waals surface area contributed by atoms with E-state index in [-0.39, 0.29) is 12.3 Å². The molecule has 0 aromatic heterocycles. The number of hydrogen-bond acceptors (Lipinski definition) is 4. The van der Waals surface area contributed by atoms with Gasteiger partial charge in [0.2, 0.25) is 0 Å². The number of urea groups is 1. The number of primary amides is 1. The lowest BCUT2D eigenvalue weighted by Crippen LogP contribution is -2.33. The minimum absolute atomic E-state index is 0.185. The van der Waals surface area contributed by atoms with Crippen molar-refractivity contribution in [3.63, 3.8) is 0 Å². The van der Waals surface area contributed by atoms with E-state index in [2.05, 4.69) is 5.10 Å². The van der Waals surface area contributed by atoms with Crippen LogP contribution in [0.25, 0.3) is 0 Å². The van der Waals surface area contributed by atoms with Crippen LogP contribution in [0.15, 0.2) is 5.10 Å². The molecule has 0 unspecified atom stereocenters. The molecule has 1 heterocycles. The van der Waals surface area contributed by atoms with Crippen molar-refractivity contribution in [1.82, 2.24) is 5.01 Å². The standard InChI is InChI=1S/C5H7N3O2S/c1-11-3-2-4(9)8(7-3)5(6)10/h2H2,1H3,(H2,6,10). The maximum absolute atomic E-state index is 10.9. The zero-order valence-electron chi connectivity index (χ0n) is 5.90. The van der Waals surface area contributed by atoms with Crippen LogP contribution in [0.2, 0.25) is 0 Å². The van der Waals surface area contributed by atoms with E-state index in [1.807, 2.05) is 0 Å². The molecule has 0 saturated heterocycles. The monoisotopic (exact) mass is 173 g/mol.